The predicted molar refractivity (Wildman–Crippen MR) is 83.4 cm³/mol. The van der Waals surface area contributed by atoms with Crippen molar-refractivity contribution in [2.45, 2.75) is 6.42 Å². The Hall–Kier alpha value is -2.28. The molecular formula is C15H17ClN4O3. The van der Waals surface area contributed by atoms with Gasteiger partial charge in [0.2, 0.25) is 0 Å². The number of aryl methyl sites for hydroxylation is 1. The molecule has 1 aliphatic heterocycles. The lowest BCUT2D eigenvalue weighted by atomic mass is 10.3. The van der Waals surface area contributed by atoms with E-state index in [2.05, 4.69) is 5.10 Å². The van der Waals surface area contributed by atoms with Crippen LogP contribution in [0.15, 0.2) is 29.0 Å². The van der Waals surface area contributed by atoms with Crippen LogP contribution in [-0.2, 0) is 7.05 Å². The second kappa shape index (κ2) is 6.45. The molecule has 3 heterocycles. The van der Waals surface area contributed by atoms with Gasteiger partial charge >= 0.3 is 0 Å². The molecule has 122 valence electrons. The van der Waals surface area contributed by atoms with E-state index in [1.54, 1.807) is 35.2 Å². The largest absolute Gasteiger partial charge is 0.459 e. The highest BCUT2D eigenvalue weighted by Crippen LogP contribution is 2.17. The minimum absolute atomic E-state index is 0.153. The first-order valence-electron chi connectivity index (χ1n) is 7.37. The molecule has 2 aromatic heterocycles. The van der Waals surface area contributed by atoms with E-state index in [1.807, 2.05) is 0 Å². The lowest BCUT2D eigenvalue weighted by Gasteiger charge is -2.21. The van der Waals surface area contributed by atoms with Gasteiger partial charge in [0.25, 0.3) is 11.8 Å². The van der Waals surface area contributed by atoms with Gasteiger partial charge in [0.15, 0.2) is 11.5 Å². The topological polar surface area (TPSA) is 71.6 Å². The zero-order valence-electron chi connectivity index (χ0n) is 12.7. The first-order chi connectivity index (χ1) is 11.1. The number of amides is 2. The van der Waals surface area contributed by atoms with Crippen LogP contribution >= 0.6 is 11.6 Å². The number of carbonyl (C=O) groups excluding carboxylic acids is 2. The summed E-state index contributed by atoms with van der Waals surface area (Å²) in [7, 11) is 1.72. The van der Waals surface area contributed by atoms with Crippen LogP contribution in [0.25, 0.3) is 0 Å². The maximum Gasteiger partial charge on any atom is 0.289 e. The summed E-state index contributed by atoms with van der Waals surface area (Å²) < 4.78 is 6.66. The van der Waals surface area contributed by atoms with Crippen molar-refractivity contribution in [1.82, 2.24) is 19.6 Å². The van der Waals surface area contributed by atoms with Crippen LogP contribution in [-0.4, -0.2) is 57.6 Å². The molecule has 0 bridgehead atoms. The van der Waals surface area contributed by atoms with Gasteiger partial charge in [-0.1, -0.05) is 11.6 Å². The van der Waals surface area contributed by atoms with Gasteiger partial charge in [-0.3, -0.25) is 14.3 Å². The smallest absolute Gasteiger partial charge is 0.289 e. The van der Waals surface area contributed by atoms with Gasteiger partial charge in [-0.15, -0.1) is 0 Å². The fraction of sp³-hybridized carbons (Fsp3) is 0.400. The minimum atomic E-state index is -0.206. The van der Waals surface area contributed by atoms with E-state index in [0.29, 0.717) is 43.4 Å². The summed E-state index contributed by atoms with van der Waals surface area (Å²) >= 11 is 6.04. The number of hydrogen-bond donors (Lipinski definition) is 0. The van der Waals surface area contributed by atoms with Crippen LogP contribution in [0.3, 0.4) is 0 Å². The Morgan fingerprint density at radius 2 is 1.87 bits per heavy atom. The Morgan fingerprint density at radius 1 is 1.17 bits per heavy atom. The third kappa shape index (κ3) is 3.24. The highest BCUT2D eigenvalue weighted by atomic mass is 35.5. The Balaban J connectivity index is 1.68. The molecule has 0 N–H and O–H groups in total. The minimum Gasteiger partial charge on any atom is -0.459 e. The van der Waals surface area contributed by atoms with E-state index in [0.717, 1.165) is 0 Å². The fourth-order valence-electron chi connectivity index (χ4n) is 2.63. The molecule has 0 unspecified atom stereocenters. The quantitative estimate of drug-likeness (QED) is 0.836. The fourth-order valence-corrected chi connectivity index (χ4v) is 2.89. The SMILES string of the molecule is Cn1cc(Cl)c(C(=O)N2CCCN(C(=O)c3ccco3)CC2)n1. The van der Waals surface area contributed by atoms with Crippen LogP contribution in [0.2, 0.25) is 5.02 Å². The molecule has 0 atom stereocenters. The van der Waals surface area contributed by atoms with Crippen LogP contribution < -0.4 is 0 Å². The Labute approximate surface area is 138 Å². The number of carbonyl (C=O) groups is 2. The molecule has 1 saturated heterocycles. The average molecular weight is 337 g/mol. The molecule has 0 radical (unpaired) electrons. The summed E-state index contributed by atoms with van der Waals surface area (Å²) in [6, 6.07) is 3.33. The Morgan fingerprint density at radius 3 is 2.43 bits per heavy atom. The summed E-state index contributed by atoms with van der Waals surface area (Å²) in [5, 5.41) is 4.45. The second-order valence-corrected chi connectivity index (χ2v) is 5.82. The number of rotatable bonds is 2. The normalized spacial score (nSPS) is 15.6. The lowest BCUT2D eigenvalue weighted by Crippen LogP contribution is -2.37. The van der Waals surface area contributed by atoms with Gasteiger partial charge in [-0.05, 0) is 18.6 Å². The first kappa shape index (κ1) is 15.6. The van der Waals surface area contributed by atoms with Crippen molar-refractivity contribution in [3.05, 3.63) is 41.1 Å². The summed E-state index contributed by atoms with van der Waals surface area (Å²) in [5.41, 5.74) is 0.250. The van der Waals surface area contributed by atoms with E-state index < -0.39 is 0 Å². The summed E-state index contributed by atoms with van der Waals surface area (Å²) in [6.07, 6.45) is 3.77. The van der Waals surface area contributed by atoms with E-state index in [-0.39, 0.29) is 17.5 Å². The second-order valence-electron chi connectivity index (χ2n) is 5.41. The van der Waals surface area contributed by atoms with Crippen molar-refractivity contribution in [3.63, 3.8) is 0 Å². The average Bonchev–Trinajstić information content (AvgIpc) is 3.09. The van der Waals surface area contributed by atoms with E-state index in [1.165, 1.54) is 10.9 Å². The molecule has 2 aromatic rings. The highest BCUT2D eigenvalue weighted by molar-refractivity contribution is 6.33. The molecule has 8 heteroatoms. The van der Waals surface area contributed by atoms with Gasteiger partial charge in [-0.25, -0.2) is 0 Å². The third-order valence-electron chi connectivity index (χ3n) is 3.79. The lowest BCUT2D eigenvalue weighted by molar-refractivity contribution is 0.0698. The molecule has 1 fully saturated rings. The summed E-state index contributed by atoms with van der Waals surface area (Å²) in [4.78, 5) is 28.2. The van der Waals surface area contributed by atoms with E-state index >= 15 is 0 Å². The monoisotopic (exact) mass is 336 g/mol. The maximum absolute atomic E-state index is 12.5. The number of furan rings is 1. The van der Waals surface area contributed by atoms with E-state index in [4.69, 9.17) is 16.0 Å². The summed E-state index contributed by atoms with van der Waals surface area (Å²) in [6.45, 7) is 2.04. The first-order valence-corrected chi connectivity index (χ1v) is 7.75. The molecule has 0 aromatic carbocycles. The molecule has 0 spiro atoms. The molecule has 1 aliphatic rings. The van der Waals surface area contributed by atoms with Crippen molar-refractivity contribution in [3.8, 4) is 0 Å². The number of aromatic nitrogens is 2. The number of hydrogen-bond acceptors (Lipinski definition) is 4. The zero-order valence-corrected chi connectivity index (χ0v) is 13.5. The van der Waals surface area contributed by atoms with Crippen LogP contribution in [0.1, 0.15) is 27.5 Å². The van der Waals surface area contributed by atoms with Crippen molar-refractivity contribution in [2.75, 3.05) is 26.2 Å². The molecular weight excluding hydrogens is 320 g/mol. The van der Waals surface area contributed by atoms with Gasteiger partial charge in [0.05, 0.1) is 11.3 Å². The highest BCUT2D eigenvalue weighted by Gasteiger charge is 2.26. The van der Waals surface area contributed by atoms with Crippen molar-refractivity contribution in [2.24, 2.45) is 7.05 Å². The number of nitrogens with zero attached hydrogens (tertiary/aromatic N) is 4. The van der Waals surface area contributed by atoms with Gasteiger partial charge in [-0.2, -0.15) is 5.10 Å². The van der Waals surface area contributed by atoms with Crippen molar-refractivity contribution >= 4 is 23.4 Å². The predicted octanol–water partition coefficient (Wildman–Crippen LogP) is 1.65. The standard InChI is InChI=1S/C15H17ClN4O3/c1-18-10-11(16)13(17-18)15(22)20-6-3-5-19(7-8-20)14(21)12-4-2-9-23-12/h2,4,9-10H,3,5-8H2,1H3. The molecule has 0 aliphatic carbocycles. The Bertz CT molecular complexity index is 710. The van der Waals surface area contributed by atoms with Gasteiger partial charge in [0, 0.05) is 39.4 Å². The molecule has 23 heavy (non-hydrogen) atoms. The summed E-state index contributed by atoms with van der Waals surface area (Å²) in [5.74, 6) is -0.0411. The van der Waals surface area contributed by atoms with Gasteiger partial charge in [0.1, 0.15) is 0 Å². The van der Waals surface area contributed by atoms with E-state index in [9.17, 15) is 9.59 Å². The Kier molecular flexibility index (Phi) is 4.38. The van der Waals surface area contributed by atoms with Crippen LogP contribution in [0, 0.1) is 0 Å². The molecule has 3 rings (SSSR count). The van der Waals surface area contributed by atoms with Crippen LogP contribution in [0.5, 0.6) is 0 Å². The maximum atomic E-state index is 12.5. The van der Waals surface area contributed by atoms with Crippen LogP contribution in [0.4, 0.5) is 0 Å². The molecule has 0 saturated carbocycles. The van der Waals surface area contributed by atoms with Gasteiger partial charge < -0.3 is 14.2 Å². The number of halogens is 1. The molecule has 7 nitrogen and oxygen atoms in total. The molecule has 2 amide bonds. The third-order valence-corrected chi connectivity index (χ3v) is 4.07. The van der Waals surface area contributed by atoms with Crippen molar-refractivity contribution in [1.29, 1.82) is 0 Å². The van der Waals surface area contributed by atoms with Crippen molar-refractivity contribution < 1.29 is 14.0 Å². The zero-order chi connectivity index (χ0) is 16.4.